The van der Waals surface area contributed by atoms with Crippen molar-refractivity contribution >= 4 is 29.9 Å². The van der Waals surface area contributed by atoms with E-state index >= 15 is 0 Å². The molecule has 3 N–H and O–H groups in total. The van der Waals surface area contributed by atoms with E-state index in [1.54, 1.807) is 24.3 Å². The summed E-state index contributed by atoms with van der Waals surface area (Å²) in [5, 5.41) is 3.32. The Balaban J connectivity index is 0.00000256. The van der Waals surface area contributed by atoms with Crippen molar-refractivity contribution in [3.8, 4) is 5.75 Å². The lowest BCUT2D eigenvalue weighted by atomic mass is 10.3. The zero-order valence-electron chi connectivity index (χ0n) is 9.32. The van der Waals surface area contributed by atoms with Crippen LogP contribution in [-0.4, -0.2) is 25.6 Å². The minimum absolute atomic E-state index is 0. The Morgan fingerprint density at radius 1 is 1.35 bits per heavy atom. The number of amides is 1. The van der Waals surface area contributed by atoms with Crippen LogP contribution in [0.3, 0.4) is 0 Å². The molecule has 0 aromatic heterocycles. The topological polar surface area (TPSA) is 64.3 Å². The molecule has 96 valence electrons. The first-order chi connectivity index (χ1) is 7.72. The van der Waals surface area contributed by atoms with Gasteiger partial charge in [-0.3, -0.25) is 4.79 Å². The highest BCUT2D eigenvalue weighted by atomic mass is 35.5. The number of carbonyl (C=O) groups excluding carboxylic acids is 1. The summed E-state index contributed by atoms with van der Waals surface area (Å²) in [6.45, 7) is 1.29. The number of nitrogens with two attached hydrogens (primary N) is 1. The largest absolute Gasteiger partial charge is 0.493 e. The van der Waals surface area contributed by atoms with Gasteiger partial charge in [-0.15, -0.1) is 12.4 Å². The van der Waals surface area contributed by atoms with Gasteiger partial charge in [0, 0.05) is 18.1 Å². The molecule has 17 heavy (non-hydrogen) atoms. The molecule has 0 aliphatic heterocycles. The standard InChI is InChI=1S/C11H15ClN2O2.ClH/c12-9-1-3-10(4-2-9)16-8-5-11(15)14-7-6-13;/h1-4H,5-8,13H2,(H,14,15);1H. The zero-order valence-corrected chi connectivity index (χ0v) is 10.9. The van der Waals surface area contributed by atoms with Crippen molar-refractivity contribution < 1.29 is 9.53 Å². The van der Waals surface area contributed by atoms with Crippen LogP contribution in [0.5, 0.6) is 5.75 Å². The Kier molecular flexibility index (Phi) is 8.58. The molecule has 0 aliphatic carbocycles. The highest BCUT2D eigenvalue weighted by Crippen LogP contribution is 2.15. The molecule has 1 aromatic carbocycles. The number of halogens is 2. The predicted octanol–water partition coefficient (Wildman–Crippen LogP) is 1.61. The van der Waals surface area contributed by atoms with Gasteiger partial charge >= 0.3 is 0 Å². The molecule has 1 aromatic rings. The second-order valence-electron chi connectivity index (χ2n) is 3.19. The van der Waals surface area contributed by atoms with Crippen LogP contribution in [0.4, 0.5) is 0 Å². The molecule has 0 fully saturated rings. The molecule has 0 saturated heterocycles. The van der Waals surface area contributed by atoms with Crippen LogP contribution in [0.2, 0.25) is 5.02 Å². The normalized spacial score (nSPS) is 9.29. The second kappa shape index (κ2) is 9.10. The summed E-state index contributed by atoms with van der Waals surface area (Å²) >= 11 is 5.72. The molecule has 0 heterocycles. The fraction of sp³-hybridized carbons (Fsp3) is 0.364. The van der Waals surface area contributed by atoms with E-state index in [-0.39, 0.29) is 18.3 Å². The third-order valence-electron chi connectivity index (χ3n) is 1.88. The first-order valence-corrected chi connectivity index (χ1v) is 5.45. The van der Waals surface area contributed by atoms with Gasteiger partial charge in [0.25, 0.3) is 0 Å². The van der Waals surface area contributed by atoms with Crippen LogP contribution in [0.1, 0.15) is 6.42 Å². The molecule has 6 heteroatoms. The van der Waals surface area contributed by atoms with E-state index in [0.29, 0.717) is 36.9 Å². The average Bonchev–Trinajstić information content (AvgIpc) is 2.29. The van der Waals surface area contributed by atoms with E-state index in [4.69, 9.17) is 22.1 Å². The van der Waals surface area contributed by atoms with E-state index < -0.39 is 0 Å². The fourth-order valence-corrected chi connectivity index (χ4v) is 1.22. The van der Waals surface area contributed by atoms with Crippen LogP contribution in [-0.2, 0) is 4.79 Å². The van der Waals surface area contributed by atoms with E-state index in [2.05, 4.69) is 5.32 Å². The maximum Gasteiger partial charge on any atom is 0.223 e. The van der Waals surface area contributed by atoms with Crippen molar-refractivity contribution in [3.05, 3.63) is 29.3 Å². The number of rotatable bonds is 6. The summed E-state index contributed by atoms with van der Waals surface area (Å²) in [6, 6.07) is 7.01. The first-order valence-electron chi connectivity index (χ1n) is 5.07. The van der Waals surface area contributed by atoms with Gasteiger partial charge in [0.15, 0.2) is 0 Å². The van der Waals surface area contributed by atoms with Gasteiger partial charge < -0.3 is 15.8 Å². The lowest BCUT2D eigenvalue weighted by molar-refractivity contribution is -0.121. The molecular formula is C11H16Cl2N2O2. The highest BCUT2D eigenvalue weighted by Gasteiger charge is 2.00. The third-order valence-corrected chi connectivity index (χ3v) is 2.13. The predicted molar refractivity (Wildman–Crippen MR) is 70.9 cm³/mol. The smallest absolute Gasteiger partial charge is 0.223 e. The Morgan fingerprint density at radius 3 is 2.59 bits per heavy atom. The molecule has 1 rings (SSSR count). The SMILES string of the molecule is Cl.NCCNC(=O)CCOc1ccc(Cl)cc1. The van der Waals surface area contributed by atoms with Gasteiger partial charge in [-0.05, 0) is 24.3 Å². The number of ether oxygens (including phenoxy) is 1. The lowest BCUT2D eigenvalue weighted by Gasteiger charge is -2.06. The molecule has 0 spiro atoms. The number of nitrogens with one attached hydrogen (secondary N) is 1. The van der Waals surface area contributed by atoms with Gasteiger partial charge in [-0.2, -0.15) is 0 Å². The highest BCUT2D eigenvalue weighted by molar-refractivity contribution is 6.30. The summed E-state index contributed by atoms with van der Waals surface area (Å²) in [4.78, 5) is 11.2. The van der Waals surface area contributed by atoms with Gasteiger partial charge in [0.05, 0.1) is 13.0 Å². The van der Waals surface area contributed by atoms with E-state index in [1.807, 2.05) is 0 Å². The molecule has 0 saturated carbocycles. The number of hydrogen-bond acceptors (Lipinski definition) is 3. The zero-order chi connectivity index (χ0) is 11.8. The van der Waals surface area contributed by atoms with Crippen LogP contribution < -0.4 is 15.8 Å². The Bertz CT molecular complexity index is 331. The van der Waals surface area contributed by atoms with Gasteiger partial charge in [-0.25, -0.2) is 0 Å². The molecule has 1 amide bonds. The third kappa shape index (κ3) is 7.05. The molecular weight excluding hydrogens is 263 g/mol. The van der Waals surface area contributed by atoms with Crippen LogP contribution in [0.15, 0.2) is 24.3 Å². The maximum atomic E-state index is 11.2. The van der Waals surface area contributed by atoms with Gasteiger partial charge in [0.2, 0.25) is 5.91 Å². The van der Waals surface area contributed by atoms with Crippen molar-refractivity contribution in [2.45, 2.75) is 6.42 Å². The second-order valence-corrected chi connectivity index (χ2v) is 3.63. The van der Waals surface area contributed by atoms with Crippen LogP contribution in [0, 0.1) is 0 Å². The van der Waals surface area contributed by atoms with Crippen molar-refractivity contribution in [2.75, 3.05) is 19.7 Å². The molecule has 0 radical (unpaired) electrons. The van der Waals surface area contributed by atoms with E-state index in [1.165, 1.54) is 0 Å². The van der Waals surface area contributed by atoms with E-state index in [9.17, 15) is 4.79 Å². The minimum atomic E-state index is -0.0561. The van der Waals surface area contributed by atoms with Crippen molar-refractivity contribution in [1.82, 2.24) is 5.32 Å². The maximum absolute atomic E-state index is 11.2. The summed E-state index contributed by atoms with van der Waals surface area (Å²) in [6.07, 6.45) is 0.322. The first kappa shape index (κ1) is 16.0. The Labute approximate surface area is 112 Å². The number of carbonyl (C=O) groups is 1. The van der Waals surface area contributed by atoms with Crippen LogP contribution >= 0.6 is 24.0 Å². The molecule has 0 atom stereocenters. The van der Waals surface area contributed by atoms with Crippen molar-refractivity contribution in [3.63, 3.8) is 0 Å². The molecule has 4 nitrogen and oxygen atoms in total. The lowest BCUT2D eigenvalue weighted by Crippen LogP contribution is -2.29. The molecule has 0 unspecified atom stereocenters. The quantitative estimate of drug-likeness (QED) is 0.831. The minimum Gasteiger partial charge on any atom is -0.493 e. The summed E-state index contributed by atoms with van der Waals surface area (Å²) in [5.41, 5.74) is 5.25. The summed E-state index contributed by atoms with van der Waals surface area (Å²) in [5.74, 6) is 0.649. The molecule has 0 bridgehead atoms. The Morgan fingerprint density at radius 2 is 2.00 bits per heavy atom. The number of hydrogen-bond donors (Lipinski definition) is 2. The van der Waals surface area contributed by atoms with Gasteiger partial charge in [0.1, 0.15) is 5.75 Å². The van der Waals surface area contributed by atoms with Crippen molar-refractivity contribution in [2.24, 2.45) is 5.73 Å². The average molecular weight is 279 g/mol. The monoisotopic (exact) mass is 278 g/mol. The fourth-order valence-electron chi connectivity index (χ4n) is 1.09. The van der Waals surface area contributed by atoms with Crippen LogP contribution in [0.25, 0.3) is 0 Å². The van der Waals surface area contributed by atoms with E-state index in [0.717, 1.165) is 0 Å². The summed E-state index contributed by atoms with van der Waals surface area (Å²) in [7, 11) is 0. The Hall–Kier alpha value is -0.970. The molecule has 0 aliphatic rings. The summed E-state index contributed by atoms with van der Waals surface area (Å²) < 4.78 is 5.36. The van der Waals surface area contributed by atoms with Gasteiger partial charge in [-0.1, -0.05) is 11.6 Å². The number of benzene rings is 1. The van der Waals surface area contributed by atoms with Crippen molar-refractivity contribution in [1.29, 1.82) is 0 Å².